The van der Waals surface area contributed by atoms with Gasteiger partial charge >= 0.3 is 0 Å². The van der Waals surface area contributed by atoms with Gasteiger partial charge in [0, 0.05) is 72.5 Å². The molecular formula is C68H66BN3O. The third-order valence-corrected chi connectivity index (χ3v) is 16.9. The maximum Gasteiger partial charge on any atom is 0.252 e. The van der Waals surface area contributed by atoms with Gasteiger partial charge in [-0.25, -0.2) is 0 Å². The first-order valence-corrected chi connectivity index (χ1v) is 26.5. The number of para-hydroxylation sites is 2. The molecule has 2 aliphatic heterocycles. The van der Waals surface area contributed by atoms with E-state index in [0.717, 1.165) is 39.0 Å². The molecular weight excluding hydrogens is 886 g/mol. The zero-order valence-corrected chi connectivity index (χ0v) is 45.2. The minimum atomic E-state index is -0.214. The Morgan fingerprint density at radius 2 is 1.14 bits per heavy atom. The predicted octanol–water partition coefficient (Wildman–Crippen LogP) is 16.7. The summed E-state index contributed by atoms with van der Waals surface area (Å²) < 4.78 is 9.88. The van der Waals surface area contributed by atoms with E-state index in [0.29, 0.717) is 0 Å². The van der Waals surface area contributed by atoms with E-state index in [-0.39, 0.29) is 28.4 Å². The molecule has 2 aromatic heterocycles. The molecule has 13 rings (SSSR count). The van der Waals surface area contributed by atoms with Crippen LogP contribution in [0.2, 0.25) is 0 Å². The fourth-order valence-corrected chi connectivity index (χ4v) is 13.1. The van der Waals surface area contributed by atoms with Crippen molar-refractivity contribution in [2.75, 3.05) is 9.80 Å². The van der Waals surface area contributed by atoms with Crippen LogP contribution < -0.4 is 26.2 Å². The quantitative estimate of drug-likeness (QED) is 0.164. The third-order valence-electron chi connectivity index (χ3n) is 16.9. The summed E-state index contributed by atoms with van der Waals surface area (Å²) in [6.45, 7) is 32.3. The summed E-state index contributed by atoms with van der Waals surface area (Å²) in [6, 6.07) is 56.2. The van der Waals surface area contributed by atoms with Crippen molar-refractivity contribution in [1.29, 1.82) is 0 Å². The number of furan rings is 1. The number of aryl methyl sites for hydroxylation is 3. The zero-order valence-electron chi connectivity index (χ0n) is 45.2. The zero-order chi connectivity index (χ0) is 51.0. The molecule has 1 aliphatic carbocycles. The fourth-order valence-electron chi connectivity index (χ4n) is 13.1. The molecule has 3 aliphatic rings. The van der Waals surface area contributed by atoms with Crippen molar-refractivity contribution >= 4 is 90.1 Å². The van der Waals surface area contributed by atoms with Gasteiger partial charge in [-0.3, -0.25) is 0 Å². The second-order valence-corrected chi connectivity index (χ2v) is 25.3. The summed E-state index contributed by atoms with van der Waals surface area (Å²) in [5, 5.41) is 3.58. The first-order chi connectivity index (χ1) is 34.6. The Morgan fingerprint density at radius 3 is 1.81 bits per heavy atom. The van der Waals surface area contributed by atoms with Crippen LogP contribution in [0.4, 0.5) is 34.1 Å². The second-order valence-electron chi connectivity index (χ2n) is 25.3. The van der Waals surface area contributed by atoms with E-state index in [2.05, 4.69) is 257 Å². The largest absolute Gasteiger partial charge is 0.454 e. The number of hydrogen-bond acceptors (Lipinski definition) is 3. The average Bonchev–Trinajstić information content (AvgIpc) is 4.00. The van der Waals surface area contributed by atoms with Crippen molar-refractivity contribution < 1.29 is 4.42 Å². The van der Waals surface area contributed by atoms with E-state index >= 15 is 0 Å². The molecule has 0 spiro atoms. The minimum absolute atomic E-state index is 0.0169. The molecule has 0 bridgehead atoms. The van der Waals surface area contributed by atoms with Crippen LogP contribution in [0.3, 0.4) is 0 Å². The third kappa shape index (κ3) is 6.52. The lowest BCUT2D eigenvalue weighted by atomic mass is 9.33. The highest BCUT2D eigenvalue weighted by atomic mass is 16.3. The van der Waals surface area contributed by atoms with E-state index in [1.807, 2.05) is 0 Å². The lowest BCUT2D eigenvalue weighted by Gasteiger charge is -2.42. The Kier molecular flexibility index (Phi) is 9.48. The lowest BCUT2D eigenvalue weighted by Crippen LogP contribution is -2.60. The van der Waals surface area contributed by atoms with Gasteiger partial charge in [-0.05, 0) is 146 Å². The van der Waals surface area contributed by atoms with Gasteiger partial charge in [-0.2, -0.15) is 0 Å². The van der Waals surface area contributed by atoms with Crippen LogP contribution in [-0.4, -0.2) is 11.3 Å². The van der Waals surface area contributed by atoms with Gasteiger partial charge in [-0.15, -0.1) is 0 Å². The van der Waals surface area contributed by atoms with E-state index < -0.39 is 0 Å². The molecule has 4 nitrogen and oxygen atoms in total. The molecule has 0 atom stereocenters. The monoisotopic (exact) mass is 952 g/mol. The van der Waals surface area contributed by atoms with Gasteiger partial charge in [-0.1, -0.05) is 173 Å². The fraction of sp³-hybridized carbons (Fsp3) is 0.265. The summed E-state index contributed by atoms with van der Waals surface area (Å²) >= 11 is 0. The smallest absolute Gasteiger partial charge is 0.252 e. The summed E-state index contributed by atoms with van der Waals surface area (Å²) in [5.41, 5.74) is 28.1. The SMILES string of the molecule is Cc1cc2c3c(c1)-n1c4c(c5cccc(c51)B3c1ccc(N(c3ccc(C(C)(C)C)cc3C)c3ccc(C(C)(C)C)cc3C)cc1N2c1cccc2c1oc1cc(C(C)(C)C)ccc12)-c1ccccc1C4(C)C. The Balaban J connectivity index is 1.13. The number of hydrogen-bond donors (Lipinski definition) is 0. The second kappa shape index (κ2) is 15.2. The van der Waals surface area contributed by atoms with Gasteiger partial charge < -0.3 is 18.8 Å². The topological polar surface area (TPSA) is 24.6 Å². The van der Waals surface area contributed by atoms with Crippen molar-refractivity contribution in [1.82, 2.24) is 4.57 Å². The van der Waals surface area contributed by atoms with Crippen LogP contribution in [-0.2, 0) is 21.7 Å². The molecule has 10 aromatic rings. The average molecular weight is 952 g/mol. The summed E-state index contributed by atoms with van der Waals surface area (Å²) in [5.74, 6) is 0. The maximum absolute atomic E-state index is 7.21. The van der Waals surface area contributed by atoms with Crippen LogP contribution in [0.5, 0.6) is 0 Å². The highest BCUT2D eigenvalue weighted by Gasteiger charge is 2.48. The Bertz CT molecular complexity index is 3940. The van der Waals surface area contributed by atoms with E-state index in [1.165, 1.54) is 106 Å². The molecule has 0 N–H and O–H groups in total. The van der Waals surface area contributed by atoms with E-state index in [9.17, 15) is 0 Å². The van der Waals surface area contributed by atoms with Crippen molar-refractivity contribution in [2.24, 2.45) is 0 Å². The van der Waals surface area contributed by atoms with Gasteiger partial charge in [0.05, 0.1) is 5.69 Å². The van der Waals surface area contributed by atoms with Crippen molar-refractivity contribution in [3.05, 3.63) is 190 Å². The van der Waals surface area contributed by atoms with Crippen LogP contribution in [0, 0.1) is 20.8 Å². The molecule has 0 fully saturated rings. The standard InChI is InChI=1S/C68H66BN3O/c1-39-33-57-61-58(34-39)72-62-49(60-48-19-15-16-22-50(48)68(13,14)64(60)72)21-17-23-52(62)69(61)51-30-28-45(38-56(51)71(57)55-24-18-20-47-46-29-25-44(67(10,11)12)37-59(46)73-63(47)55)70(53-31-26-42(35-40(53)2)65(4,5)6)54-32-27-43(36-41(54)3)66(7,8)9/h15-38H,1-14H3. The number of nitrogens with zero attached hydrogens (tertiary/aromatic N) is 3. The molecule has 362 valence electrons. The molecule has 0 radical (unpaired) electrons. The molecule has 0 unspecified atom stereocenters. The van der Waals surface area contributed by atoms with Crippen LogP contribution in [0.25, 0.3) is 49.7 Å². The number of rotatable bonds is 4. The summed E-state index contributed by atoms with van der Waals surface area (Å²) in [4.78, 5) is 5.08. The molecule has 4 heterocycles. The van der Waals surface area contributed by atoms with Gasteiger partial charge in [0.1, 0.15) is 5.58 Å². The van der Waals surface area contributed by atoms with Crippen molar-refractivity contribution in [2.45, 2.75) is 119 Å². The Morgan fingerprint density at radius 1 is 0.521 bits per heavy atom. The number of anilines is 6. The van der Waals surface area contributed by atoms with E-state index in [1.54, 1.807) is 0 Å². The van der Waals surface area contributed by atoms with Crippen LogP contribution >= 0.6 is 0 Å². The van der Waals surface area contributed by atoms with Gasteiger partial charge in [0.25, 0.3) is 6.71 Å². The predicted molar refractivity (Wildman–Crippen MR) is 312 cm³/mol. The van der Waals surface area contributed by atoms with Crippen LogP contribution in [0.1, 0.15) is 121 Å². The minimum Gasteiger partial charge on any atom is -0.454 e. The molecule has 5 heteroatoms. The molecule has 0 saturated carbocycles. The van der Waals surface area contributed by atoms with Crippen molar-refractivity contribution in [3.8, 4) is 16.8 Å². The summed E-state index contributed by atoms with van der Waals surface area (Å²) in [6.07, 6.45) is 0. The first-order valence-electron chi connectivity index (χ1n) is 26.5. The number of fused-ring (bicyclic) bond motifs is 12. The highest BCUT2D eigenvalue weighted by molar-refractivity contribution is 7.00. The van der Waals surface area contributed by atoms with Gasteiger partial charge in [0.15, 0.2) is 5.58 Å². The molecule has 0 amide bonds. The Hall–Kier alpha value is -7.24. The van der Waals surface area contributed by atoms with Crippen molar-refractivity contribution in [3.63, 3.8) is 0 Å². The first kappa shape index (κ1) is 45.6. The number of benzene rings is 8. The van der Waals surface area contributed by atoms with Crippen LogP contribution in [0.15, 0.2) is 150 Å². The molecule has 73 heavy (non-hydrogen) atoms. The maximum atomic E-state index is 7.21. The van der Waals surface area contributed by atoms with E-state index in [4.69, 9.17) is 4.42 Å². The molecule has 8 aromatic carbocycles. The van der Waals surface area contributed by atoms with Gasteiger partial charge in [0.2, 0.25) is 0 Å². The highest BCUT2D eigenvalue weighted by Crippen LogP contribution is 2.55. The lowest BCUT2D eigenvalue weighted by molar-refractivity contribution is 0.587. The number of aromatic nitrogens is 1. The summed E-state index contributed by atoms with van der Waals surface area (Å²) in [7, 11) is 0. The normalized spacial score (nSPS) is 14.5. The Labute approximate surface area is 432 Å². The molecule has 0 saturated heterocycles.